The first-order valence-corrected chi connectivity index (χ1v) is 11.1. The van der Waals surface area contributed by atoms with Crippen molar-refractivity contribution >= 4 is 17.8 Å². The van der Waals surface area contributed by atoms with Gasteiger partial charge in [-0.1, -0.05) is 24.8 Å². The standard InChI is InChI=1S/C25H25F3N8/c1-5-18-7-6-8-22(20(18)9-10-29-4)35-23(25(26,27)28)19(15-33-35)14-30-21-13-16(2)24(34-17(21)3)36-31-11-12-32-36/h5-13,15,29-30H,1,14H2,2-4H3/b10-9-. The van der Waals surface area contributed by atoms with Gasteiger partial charge in [-0.25, -0.2) is 9.67 Å². The number of benzene rings is 1. The van der Waals surface area contributed by atoms with Crippen molar-refractivity contribution < 1.29 is 13.2 Å². The van der Waals surface area contributed by atoms with Gasteiger partial charge in [-0.3, -0.25) is 0 Å². The number of hydrogen-bond donors (Lipinski definition) is 2. The van der Waals surface area contributed by atoms with Crippen molar-refractivity contribution in [2.45, 2.75) is 26.6 Å². The first kappa shape index (κ1) is 24.7. The maximum absolute atomic E-state index is 14.3. The maximum atomic E-state index is 14.3. The molecule has 0 saturated carbocycles. The number of alkyl halides is 3. The summed E-state index contributed by atoms with van der Waals surface area (Å²) < 4.78 is 43.8. The van der Waals surface area contributed by atoms with E-state index in [0.29, 0.717) is 34.0 Å². The lowest BCUT2D eigenvalue weighted by Crippen LogP contribution is -2.18. The summed E-state index contributed by atoms with van der Waals surface area (Å²) in [6.07, 6.45) is 4.62. The molecule has 4 rings (SSSR count). The highest BCUT2D eigenvalue weighted by Crippen LogP contribution is 2.35. The molecule has 0 aliphatic carbocycles. The Morgan fingerprint density at radius 2 is 1.86 bits per heavy atom. The van der Waals surface area contributed by atoms with Gasteiger partial charge < -0.3 is 10.6 Å². The number of aromatic nitrogens is 6. The van der Waals surface area contributed by atoms with Gasteiger partial charge in [-0.05, 0) is 49.4 Å². The zero-order chi connectivity index (χ0) is 25.9. The minimum Gasteiger partial charge on any atom is -0.394 e. The van der Waals surface area contributed by atoms with E-state index in [0.717, 1.165) is 10.2 Å². The van der Waals surface area contributed by atoms with Crippen LogP contribution in [0.1, 0.15) is 33.6 Å². The molecule has 4 aromatic rings. The van der Waals surface area contributed by atoms with Gasteiger partial charge in [0.15, 0.2) is 11.5 Å². The Labute approximate surface area is 206 Å². The molecule has 0 aliphatic rings. The molecule has 186 valence electrons. The predicted octanol–water partition coefficient (Wildman–Crippen LogP) is 4.93. The van der Waals surface area contributed by atoms with Crippen LogP contribution in [0.25, 0.3) is 23.7 Å². The molecule has 0 unspecified atom stereocenters. The van der Waals surface area contributed by atoms with Crippen LogP contribution in [0, 0.1) is 13.8 Å². The van der Waals surface area contributed by atoms with E-state index < -0.39 is 11.9 Å². The van der Waals surface area contributed by atoms with Crippen molar-refractivity contribution in [2.75, 3.05) is 12.4 Å². The molecule has 0 amide bonds. The van der Waals surface area contributed by atoms with Crippen molar-refractivity contribution in [2.24, 2.45) is 0 Å². The highest BCUT2D eigenvalue weighted by molar-refractivity contribution is 5.71. The van der Waals surface area contributed by atoms with Crippen LogP contribution in [0.4, 0.5) is 18.9 Å². The molecule has 0 aliphatic heterocycles. The minimum atomic E-state index is -4.64. The van der Waals surface area contributed by atoms with E-state index in [9.17, 15) is 13.2 Å². The Kier molecular flexibility index (Phi) is 6.91. The fourth-order valence-corrected chi connectivity index (χ4v) is 3.87. The number of nitrogens with zero attached hydrogens (tertiary/aromatic N) is 6. The van der Waals surface area contributed by atoms with Gasteiger partial charge in [-0.15, -0.1) is 4.80 Å². The Morgan fingerprint density at radius 3 is 2.53 bits per heavy atom. The molecule has 0 radical (unpaired) electrons. The third-order valence-corrected chi connectivity index (χ3v) is 5.55. The predicted molar refractivity (Wildman–Crippen MR) is 133 cm³/mol. The van der Waals surface area contributed by atoms with Crippen LogP contribution >= 0.6 is 0 Å². The largest absolute Gasteiger partial charge is 0.433 e. The zero-order valence-electron chi connectivity index (χ0n) is 20.0. The molecular formula is C25H25F3N8. The molecule has 2 N–H and O–H groups in total. The minimum absolute atomic E-state index is 0.00456. The molecule has 0 fully saturated rings. The highest BCUT2D eigenvalue weighted by atomic mass is 19.4. The third-order valence-electron chi connectivity index (χ3n) is 5.55. The molecule has 8 nitrogen and oxygen atoms in total. The van der Waals surface area contributed by atoms with Gasteiger partial charge in [0.2, 0.25) is 0 Å². The molecular weight excluding hydrogens is 469 g/mol. The van der Waals surface area contributed by atoms with E-state index in [-0.39, 0.29) is 12.1 Å². The van der Waals surface area contributed by atoms with Gasteiger partial charge in [0.05, 0.1) is 35.7 Å². The summed E-state index contributed by atoms with van der Waals surface area (Å²) >= 11 is 0. The molecule has 11 heteroatoms. The number of aryl methyl sites for hydroxylation is 2. The third kappa shape index (κ3) is 4.85. The molecule has 0 saturated heterocycles. The summed E-state index contributed by atoms with van der Waals surface area (Å²) in [4.78, 5) is 5.92. The van der Waals surface area contributed by atoms with Crippen molar-refractivity contribution in [1.82, 2.24) is 35.1 Å². The first-order chi connectivity index (χ1) is 17.2. The summed E-state index contributed by atoms with van der Waals surface area (Å²) in [5.74, 6) is 0.552. The van der Waals surface area contributed by atoms with E-state index in [4.69, 9.17) is 0 Å². The number of anilines is 1. The first-order valence-electron chi connectivity index (χ1n) is 11.1. The van der Waals surface area contributed by atoms with E-state index >= 15 is 0 Å². The van der Waals surface area contributed by atoms with Gasteiger partial charge in [-0.2, -0.15) is 28.5 Å². The van der Waals surface area contributed by atoms with Crippen LogP contribution in [0.15, 0.2) is 55.6 Å². The van der Waals surface area contributed by atoms with Crippen molar-refractivity contribution in [3.05, 3.63) is 89.3 Å². The Hall–Kier alpha value is -4.41. The summed E-state index contributed by atoms with van der Waals surface area (Å²) in [5.41, 5.74) is 2.68. The molecule has 0 atom stereocenters. The lowest BCUT2D eigenvalue weighted by Gasteiger charge is -2.17. The average molecular weight is 495 g/mol. The summed E-state index contributed by atoms with van der Waals surface area (Å²) in [5, 5.41) is 18.3. The monoisotopic (exact) mass is 494 g/mol. The maximum Gasteiger partial charge on any atom is 0.433 e. The van der Waals surface area contributed by atoms with Gasteiger partial charge in [0.25, 0.3) is 0 Å². The SMILES string of the molecule is C=Cc1cccc(-n2ncc(CNc3cc(C)c(-n4nccn4)nc3C)c2C(F)(F)F)c1/C=C\NC. The van der Waals surface area contributed by atoms with E-state index in [2.05, 4.69) is 37.5 Å². The number of pyridine rings is 1. The average Bonchev–Trinajstić information content (AvgIpc) is 3.53. The molecule has 36 heavy (non-hydrogen) atoms. The van der Waals surface area contributed by atoms with Crippen LogP contribution in [-0.2, 0) is 12.7 Å². The van der Waals surface area contributed by atoms with Crippen LogP contribution in [0.3, 0.4) is 0 Å². The summed E-state index contributed by atoms with van der Waals surface area (Å²) in [7, 11) is 1.71. The second kappa shape index (κ2) is 10.1. The zero-order valence-corrected chi connectivity index (χ0v) is 20.0. The Morgan fingerprint density at radius 1 is 1.11 bits per heavy atom. The van der Waals surface area contributed by atoms with E-state index in [1.807, 2.05) is 13.0 Å². The number of rotatable bonds is 8. The number of hydrogen-bond acceptors (Lipinski definition) is 6. The fourth-order valence-electron chi connectivity index (χ4n) is 3.87. The summed E-state index contributed by atoms with van der Waals surface area (Å²) in [6.45, 7) is 7.29. The van der Waals surface area contributed by atoms with Crippen LogP contribution in [0.5, 0.6) is 0 Å². The molecule has 0 spiro atoms. The van der Waals surface area contributed by atoms with Crippen LogP contribution in [0.2, 0.25) is 0 Å². The second-order valence-corrected chi connectivity index (χ2v) is 7.97. The van der Waals surface area contributed by atoms with Crippen molar-refractivity contribution in [3.8, 4) is 11.5 Å². The Bertz CT molecular complexity index is 1400. The van der Waals surface area contributed by atoms with Crippen LogP contribution < -0.4 is 10.6 Å². The fraction of sp³-hybridized carbons (Fsp3) is 0.200. The second-order valence-electron chi connectivity index (χ2n) is 7.97. The molecule has 3 heterocycles. The Balaban J connectivity index is 1.71. The van der Waals surface area contributed by atoms with Gasteiger partial charge in [0.1, 0.15) is 0 Å². The summed E-state index contributed by atoms with van der Waals surface area (Å²) in [6, 6.07) is 6.87. The van der Waals surface area contributed by atoms with Crippen molar-refractivity contribution in [3.63, 3.8) is 0 Å². The van der Waals surface area contributed by atoms with Gasteiger partial charge >= 0.3 is 6.18 Å². The van der Waals surface area contributed by atoms with Crippen molar-refractivity contribution in [1.29, 1.82) is 0 Å². The quantitative estimate of drug-likeness (QED) is 0.361. The van der Waals surface area contributed by atoms with Gasteiger partial charge in [0, 0.05) is 24.7 Å². The number of halogens is 3. The van der Waals surface area contributed by atoms with E-state index in [1.54, 1.807) is 62.9 Å². The molecule has 1 aromatic carbocycles. The lowest BCUT2D eigenvalue weighted by molar-refractivity contribution is -0.143. The lowest BCUT2D eigenvalue weighted by atomic mass is 10.0. The van der Waals surface area contributed by atoms with E-state index in [1.165, 1.54) is 11.0 Å². The normalized spacial score (nSPS) is 11.7. The smallest absolute Gasteiger partial charge is 0.394 e. The molecule has 3 aromatic heterocycles. The van der Waals surface area contributed by atoms with Crippen LogP contribution in [-0.4, -0.2) is 36.8 Å². The topological polar surface area (TPSA) is 85.5 Å². The molecule has 0 bridgehead atoms. The number of nitrogens with one attached hydrogen (secondary N) is 2. The highest BCUT2D eigenvalue weighted by Gasteiger charge is 2.39.